The molecule has 18 heavy (non-hydrogen) atoms. The van der Waals surface area contributed by atoms with Gasteiger partial charge in [-0.1, -0.05) is 35.0 Å². The molecular formula is C12H13BrN4O. The lowest BCUT2D eigenvalue weighted by Crippen LogP contribution is -2.07. The van der Waals surface area contributed by atoms with E-state index in [0.717, 1.165) is 10.9 Å². The molecule has 0 aliphatic carbocycles. The van der Waals surface area contributed by atoms with Gasteiger partial charge >= 0.3 is 0 Å². The number of nitrogens with one attached hydrogen (secondary N) is 1. The Morgan fingerprint density at radius 1 is 1.61 bits per heavy atom. The monoisotopic (exact) mass is 308 g/mol. The third-order valence-corrected chi connectivity index (χ3v) is 3.00. The zero-order valence-corrected chi connectivity index (χ0v) is 11.5. The van der Waals surface area contributed by atoms with Gasteiger partial charge in [0.1, 0.15) is 5.39 Å². The summed E-state index contributed by atoms with van der Waals surface area (Å²) in [6, 6.07) is 0. The molecular weight excluding hydrogens is 296 g/mol. The summed E-state index contributed by atoms with van der Waals surface area (Å²) in [6.07, 6.45) is 9.94. The van der Waals surface area contributed by atoms with Crippen molar-refractivity contribution in [3.63, 3.8) is 0 Å². The van der Waals surface area contributed by atoms with Crippen LogP contribution >= 0.6 is 15.9 Å². The van der Waals surface area contributed by atoms with Crippen LogP contribution < -0.4 is 5.56 Å². The second-order valence-electron chi connectivity index (χ2n) is 3.70. The molecule has 2 aromatic heterocycles. The van der Waals surface area contributed by atoms with Crippen molar-refractivity contribution in [2.45, 2.75) is 19.9 Å². The minimum atomic E-state index is -0.167. The Bertz CT molecular complexity index is 653. The first-order chi connectivity index (χ1) is 8.72. The number of aromatic amines is 1. The van der Waals surface area contributed by atoms with Crippen LogP contribution in [0, 0.1) is 0 Å². The molecule has 0 bridgehead atoms. The number of H-pyrrole nitrogens is 1. The summed E-state index contributed by atoms with van der Waals surface area (Å²) in [4.78, 5) is 18.1. The molecule has 0 amide bonds. The Labute approximate surface area is 112 Å². The van der Waals surface area contributed by atoms with Gasteiger partial charge in [-0.05, 0) is 12.5 Å². The molecule has 5 nitrogen and oxygen atoms in total. The van der Waals surface area contributed by atoms with E-state index < -0.39 is 0 Å². The van der Waals surface area contributed by atoms with Crippen molar-refractivity contribution < 1.29 is 0 Å². The van der Waals surface area contributed by atoms with Gasteiger partial charge in [-0.15, -0.1) is 0 Å². The summed E-state index contributed by atoms with van der Waals surface area (Å²) in [7, 11) is 0. The first kappa shape index (κ1) is 12.8. The quantitative estimate of drug-likeness (QED) is 0.882. The highest BCUT2D eigenvalue weighted by molar-refractivity contribution is 9.11. The molecule has 0 radical (unpaired) electrons. The summed E-state index contributed by atoms with van der Waals surface area (Å²) in [5, 5.41) is 4.66. The predicted molar refractivity (Wildman–Crippen MR) is 74.6 cm³/mol. The zero-order valence-electron chi connectivity index (χ0n) is 9.93. The lowest BCUT2D eigenvalue weighted by atomic mass is 10.4. The van der Waals surface area contributed by atoms with Crippen LogP contribution in [0.1, 0.15) is 13.3 Å². The van der Waals surface area contributed by atoms with Crippen LogP contribution in [0.2, 0.25) is 0 Å². The second-order valence-corrected chi connectivity index (χ2v) is 4.61. The van der Waals surface area contributed by atoms with Crippen molar-refractivity contribution in [3.05, 3.63) is 45.6 Å². The molecule has 2 rings (SSSR count). The van der Waals surface area contributed by atoms with Crippen molar-refractivity contribution in [2.75, 3.05) is 0 Å². The van der Waals surface area contributed by atoms with E-state index >= 15 is 0 Å². The van der Waals surface area contributed by atoms with E-state index in [-0.39, 0.29) is 5.56 Å². The SMILES string of the molecule is CC/C=C\C(Br)=C/Cn1ncc2c(=O)[nH]cnc21. The molecule has 2 aromatic rings. The summed E-state index contributed by atoms with van der Waals surface area (Å²) < 4.78 is 2.67. The van der Waals surface area contributed by atoms with Crippen molar-refractivity contribution >= 4 is 27.0 Å². The van der Waals surface area contributed by atoms with E-state index in [9.17, 15) is 4.79 Å². The average molecular weight is 309 g/mol. The average Bonchev–Trinajstić information content (AvgIpc) is 2.78. The Balaban J connectivity index is 2.25. The van der Waals surface area contributed by atoms with Crippen LogP contribution in [0.3, 0.4) is 0 Å². The Kier molecular flexibility index (Phi) is 4.09. The maximum Gasteiger partial charge on any atom is 0.261 e. The van der Waals surface area contributed by atoms with Gasteiger partial charge in [-0.3, -0.25) is 4.79 Å². The first-order valence-corrected chi connectivity index (χ1v) is 6.43. The molecule has 0 saturated heterocycles. The molecule has 0 atom stereocenters. The van der Waals surface area contributed by atoms with Crippen LogP contribution in [0.25, 0.3) is 11.0 Å². The molecule has 2 heterocycles. The Morgan fingerprint density at radius 3 is 3.22 bits per heavy atom. The van der Waals surface area contributed by atoms with Gasteiger partial charge < -0.3 is 4.98 Å². The molecule has 0 saturated carbocycles. The third-order valence-electron chi connectivity index (χ3n) is 2.41. The van der Waals surface area contributed by atoms with Crippen LogP contribution in [-0.4, -0.2) is 19.7 Å². The molecule has 0 fully saturated rings. The number of halogens is 1. The van der Waals surface area contributed by atoms with E-state index in [4.69, 9.17) is 0 Å². The summed E-state index contributed by atoms with van der Waals surface area (Å²) in [6.45, 7) is 2.64. The molecule has 1 N–H and O–H groups in total. The number of hydrogen-bond acceptors (Lipinski definition) is 3. The number of allylic oxidation sites excluding steroid dienone is 4. The van der Waals surface area contributed by atoms with Crippen LogP contribution in [0.15, 0.2) is 40.0 Å². The lowest BCUT2D eigenvalue weighted by molar-refractivity contribution is 0.718. The first-order valence-electron chi connectivity index (χ1n) is 5.63. The third kappa shape index (κ3) is 2.76. The zero-order chi connectivity index (χ0) is 13.0. The van der Waals surface area contributed by atoms with E-state index in [1.807, 2.05) is 12.2 Å². The van der Waals surface area contributed by atoms with Gasteiger partial charge in [0.15, 0.2) is 5.65 Å². The fourth-order valence-corrected chi connectivity index (χ4v) is 1.84. The molecule has 0 spiro atoms. The number of nitrogens with zero attached hydrogens (tertiary/aromatic N) is 3. The van der Waals surface area contributed by atoms with Crippen molar-refractivity contribution in [1.82, 2.24) is 19.7 Å². The maximum atomic E-state index is 11.5. The number of fused-ring (bicyclic) bond motifs is 1. The van der Waals surface area contributed by atoms with Gasteiger partial charge in [0, 0.05) is 4.48 Å². The Morgan fingerprint density at radius 2 is 2.44 bits per heavy atom. The molecule has 6 heteroatoms. The summed E-state index contributed by atoms with van der Waals surface area (Å²) in [5.41, 5.74) is 0.426. The van der Waals surface area contributed by atoms with E-state index in [2.05, 4.69) is 44.0 Å². The second kappa shape index (κ2) is 5.77. The topological polar surface area (TPSA) is 63.6 Å². The van der Waals surface area contributed by atoms with Crippen LogP contribution in [0.5, 0.6) is 0 Å². The predicted octanol–water partition coefficient (Wildman–Crippen LogP) is 2.36. The maximum absolute atomic E-state index is 11.5. The van der Waals surface area contributed by atoms with E-state index in [1.165, 1.54) is 12.5 Å². The minimum absolute atomic E-state index is 0.167. The lowest BCUT2D eigenvalue weighted by Gasteiger charge is -1.98. The van der Waals surface area contributed by atoms with Gasteiger partial charge in [-0.2, -0.15) is 5.10 Å². The van der Waals surface area contributed by atoms with Crippen LogP contribution in [0.4, 0.5) is 0 Å². The summed E-state index contributed by atoms with van der Waals surface area (Å²) in [5.74, 6) is 0. The van der Waals surface area contributed by atoms with Gasteiger partial charge in [-0.25, -0.2) is 9.67 Å². The minimum Gasteiger partial charge on any atom is -0.312 e. The highest BCUT2D eigenvalue weighted by atomic mass is 79.9. The largest absolute Gasteiger partial charge is 0.312 e. The highest BCUT2D eigenvalue weighted by Crippen LogP contribution is 2.10. The number of hydrogen-bond donors (Lipinski definition) is 1. The van der Waals surface area contributed by atoms with Gasteiger partial charge in [0.05, 0.1) is 19.1 Å². The van der Waals surface area contributed by atoms with Crippen molar-refractivity contribution in [1.29, 1.82) is 0 Å². The van der Waals surface area contributed by atoms with Crippen molar-refractivity contribution in [2.24, 2.45) is 0 Å². The number of aromatic nitrogens is 4. The summed E-state index contributed by atoms with van der Waals surface area (Å²) >= 11 is 3.45. The van der Waals surface area contributed by atoms with Crippen molar-refractivity contribution in [3.8, 4) is 0 Å². The smallest absolute Gasteiger partial charge is 0.261 e. The molecule has 0 aliphatic heterocycles. The fraction of sp³-hybridized carbons (Fsp3) is 0.250. The van der Waals surface area contributed by atoms with E-state index in [0.29, 0.717) is 17.6 Å². The highest BCUT2D eigenvalue weighted by Gasteiger charge is 2.05. The standard InChI is InChI=1S/C12H13BrN4O/c1-2-3-4-9(13)5-6-17-11-10(7-16-17)12(18)15-8-14-11/h3-5,7-8H,2,6H2,1H3,(H,14,15,18)/b4-3-,9-5+. The molecule has 0 aromatic carbocycles. The number of rotatable bonds is 4. The Hall–Kier alpha value is -1.69. The molecule has 0 aliphatic rings. The normalized spacial score (nSPS) is 12.7. The van der Waals surface area contributed by atoms with Gasteiger partial charge in [0.25, 0.3) is 5.56 Å². The van der Waals surface area contributed by atoms with E-state index in [1.54, 1.807) is 4.68 Å². The molecule has 94 valence electrons. The fourth-order valence-electron chi connectivity index (χ4n) is 1.51. The van der Waals surface area contributed by atoms with Crippen LogP contribution in [-0.2, 0) is 6.54 Å². The van der Waals surface area contributed by atoms with Gasteiger partial charge in [0.2, 0.25) is 0 Å². The molecule has 0 unspecified atom stereocenters.